The Kier molecular flexibility index (Phi) is 13.8. The summed E-state index contributed by atoms with van der Waals surface area (Å²) in [4.78, 5) is 14.6. The van der Waals surface area contributed by atoms with Crippen LogP contribution in [0, 0.1) is 0 Å². The molecule has 1 saturated heterocycles. The van der Waals surface area contributed by atoms with Crippen LogP contribution < -0.4 is 19.9 Å². The number of piperidine rings is 1. The zero-order chi connectivity index (χ0) is 47.4. The highest BCUT2D eigenvalue weighted by Crippen LogP contribution is 2.45. The first-order valence-electron chi connectivity index (χ1n) is 21.1. The highest BCUT2D eigenvalue weighted by atomic mass is 32.2. The van der Waals surface area contributed by atoms with Crippen molar-refractivity contribution in [1.82, 2.24) is 29.4 Å². The topological polar surface area (TPSA) is 164 Å². The van der Waals surface area contributed by atoms with Crippen LogP contribution in [0.15, 0.2) is 114 Å². The van der Waals surface area contributed by atoms with E-state index in [0.29, 0.717) is 59.9 Å². The average molecular weight is 928 g/mol. The van der Waals surface area contributed by atoms with Crippen LogP contribution >= 0.6 is 0 Å². The summed E-state index contributed by atoms with van der Waals surface area (Å²) >= 11 is 0. The Morgan fingerprint density at radius 1 is 0.742 bits per heavy atom. The SMILES string of the molecule is COc1ccc(CN(Cc2ccc(OC)cc2)S(=O)(=O)c2c(C(F)(F)F)ccc(-c3ccc(C4(N)CCN(C(=O)OC(C)(C)C)CC4)cc3)c2-c2nnn(Cc3ccc(OC)cc3)n2)cc1. The average Bonchev–Trinajstić information content (AvgIpc) is 3.76. The number of benzene rings is 5. The lowest BCUT2D eigenvalue weighted by atomic mass is 9.81. The van der Waals surface area contributed by atoms with Crippen molar-refractivity contribution in [3.05, 3.63) is 137 Å². The van der Waals surface area contributed by atoms with Crippen molar-refractivity contribution >= 4 is 16.1 Å². The Bertz CT molecular complexity index is 2690. The molecule has 0 bridgehead atoms. The van der Waals surface area contributed by atoms with Crippen molar-refractivity contribution in [3.63, 3.8) is 0 Å². The van der Waals surface area contributed by atoms with Crippen LogP contribution in [0.3, 0.4) is 0 Å². The molecule has 348 valence electrons. The van der Waals surface area contributed by atoms with E-state index < -0.39 is 43.9 Å². The van der Waals surface area contributed by atoms with E-state index >= 15 is 21.6 Å². The minimum atomic E-state index is -5.15. The Hall–Kier alpha value is -6.50. The number of hydrogen-bond donors (Lipinski definition) is 1. The molecule has 0 atom stereocenters. The zero-order valence-corrected chi connectivity index (χ0v) is 38.3. The first-order chi connectivity index (χ1) is 31.3. The maximum Gasteiger partial charge on any atom is 0.417 e. The number of likely N-dealkylation sites (tertiary alicyclic amines) is 1. The summed E-state index contributed by atoms with van der Waals surface area (Å²) in [7, 11) is -0.598. The molecule has 1 aromatic heterocycles. The highest BCUT2D eigenvalue weighted by molar-refractivity contribution is 7.89. The van der Waals surface area contributed by atoms with Gasteiger partial charge < -0.3 is 29.6 Å². The van der Waals surface area contributed by atoms with Gasteiger partial charge in [0.1, 0.15) is 27.7 Å². The van der Waals surface area contributed by atoms with Crippen LogP contribution in [-0.4, -0.2) is 83.9 Å². The lowest BCUT2D eigenvalue weighted by Gasteiger charge is -2.40. The summed E-state index contributed by atoms with van der Waals surface area (Å²) in [6.07, 6.45) is -4.75. The van der Waals surface area contributed by atoms with Crippen molar-refractivity contribution in [1.29, 1.82) is 0 Å². The maximum absolute atomic E-state index is 15.5. The quantitative estimate of drug-likeness (QED) is 0.111. The molecule has 0 saturated carbocycles. The molecule has 66 heavy (non-hydrogen) atoms. The molecule has 1 aliphatic heterocycles. The van der Waals surface area contributed by atoms with E-state index in [9.17, 15) is 4.79 Å². The van der Waals surface area contributed by atoms with Crippen molar-refractivity contribution in [3.8, 4) is 39.8 Å². The molecule has 0 spiro atoms. The number of carbonyl (C=O) groups is 1. The van der Waals surface area contributed by atoms with Crippen molar-refractivity contribution in [2.75, 3.05) is 34.4 Å². The fourth-order valence-electron chi connectivity index (χ4n) is 7.75. The lowest BCUT2D eigenvalue weighted by molar-refractivity contribution is -0.139. The molecule has 7 rings (SSSR count). The molecule has 0 unspecified atom stereocenters. The largest absolute Gasteiger partial charge is 0.497 e. The predicted molar refractivity (Wildman–Crippen MR) is 241 cm³/mol. The second-order valence-electron chi connectivity index (χ2n) is 17.0. The van der Waals surface area contributed by atoms with Crippen LogP contribution in [0.2, 0.25) is 0 Å². The van der Waals surface area contributed by atoms with Crippen LogP contribution in [0.4, 0.5) is 18.0 Å². The monoisotopic (exact) mass is 927 g/mol. The minimum Gasteiger partial charge on any atom is -0.497 e. The number of carbonyl (C=O) groups excluding carboxylic acids is 1. The summed E-state index contributed by atoms with van der Waals surface area (Å²) < 4.78 is 99.8. The minimum absolute atomic E-state index is 0.0626. The van der Waals surface area contributed by atoms with Gasteiger partial charge >= 0.3 is 12.3 Å². The molecule has 2 heterocycles. The summed E-state index contributed by atoms with van der Waals surface area (Å²) in [5.74, 6) is 1.30. The van der Waals surface area contributed by atoms with Crippen LogP contribution in [0.5, 0.6) is 17.2 Å². The second-order valence-corrected chi connectivity index (χ2v) is 18.9. The van der Waals surface area contributed by atoms with Gasteiger partial charge in [-0.3, -0.25) is 0 Å². The van der Waals surface area contributed by atoms with E-state index in [2.05, 4.69) is 15.4 Å². The maximum atomic E-state index is 15.5. The van der Waals surface area contributed by atoms with Crippen molar-refractivity contribution in [2.45, 2.75) is 75.5 Å². The van der Waals surface area contributed by atoms with Gasteiger partial charge in [0.25, 0.3) is 0 Å². The molecule has 1 amide bonds. The van der Waals surface area contributed by atoms with Gasteiger partial charge in [-0.2, -0.15) is 22.3 Å². The third-order valence-corrected chi connectivity index (χ3v) is 13.2. The van der Waals surface area contributed by atoms with Gasteiger partial charge in [-0.05, 0) is 115 Å². The molecular weight excluding hydrogens is 876 g/mol. The van der Waals surface area contributed by atoms with E-state index in [-0.39, 0.29) is 36.6 Å². The fraction of sp³-hybridized carbons (Fsp3) is 0.333. The normalized spacial score (nSPS) is 14.3. The zero-order valence-electron chi connectivity index (χ0n) is 37.5. The van der Waals surface area contributed by atoms with Gasteiger partial charge in [0, 0.05) is 31.7 Å². The van der Waals surface area contributed by atoms with Gasteiger partial charge in [-0.15, -0.1) is 10.2 Å². The van der Waals surface area contributed by atoms with Gasteiger partial charge in [-0.1, -0.05) is 66.7 Å². The number of nitrogens with zero attached hydrogens (tertiary/aromatic N) is 6. The number of aromatic nitrogens is 4. The van der Waals surface area contributed by atoms with Gasteiger partial charge in [0.2, 0.25) is 15.8 Å². The number of nitrogens with two attached hydrogens (primary N) is 1. The summed E-state index contributed by atoms with van der Waals surface area (Å²) in [6, 6.07) is 29.1. The molecule has 14 nitrogen and oxygen atoms in total. The second kappa shape index (κ2) is 19.1. The predicted octanol–water partition coefficient (Wildman–Crippen LogP) is 8.68. The van der Waals surface area contributed by atoms with E-state index in [1.165, 1.54) is 32.2 Å². The summed E-state index contributed by atoms with van der Waals surface area (Å²) in [6.45, 7) is 5.53. The standard InChI is InChI=1S/C48H52F3N7O7S/c1-46(2,3)65-45(59)56-27-25-47(52,26-28-56)36-15-13-35(14-16-36)40-23-24-41(48(49,50)51)43(42(40)44-53-55-58(54-44)31-34-11-21-39(64-6)22-12-34)66(60,61)57(29-32-7-17-37(62-4)18-8-32)30-33-9-19-38(63-5)20-10-33/h7-24H,25-31,52H2,1-6H3. The number of rotatable bonds is 14. The molecule has 1 fully saturated rings. The number of amides is 1. The van der Waals surface area contributed by atoms with E-state index in [0.717, 1.165) is 21.5 Å². The Morgan fingerprint density at radius 3 is 1.71 bits per heavy atom. The highest BCUT2D eigenvalue weighted by Gasteiger charge is 2.43. The molecule has 0 radical (unpaired) electrons. The summed E-state index contributed by atoms with van der Waals surface area (Å²) in [5, 5.41) is 13.0. The van der Waals surface area contributed by atoms with Gasteiger partial charge in [-0.25, -0.2) is 13.2 Å². The Balaban J connectivity index is 1.36. The molecule has 2 N–H and O–H groups in total. The first kappa shape index (κ1) is 47.5. The fourth-order valence-corrected chi connectivity index (χ4v) is 9.57. The molecule has 1 aliphatic rings. The van der Waals surface area contributed by atoms with Crippen LogP contribution in [0.1, 0.15) is 61.4 Å². The van der Waals surface area contributed by atoms with Gasteiger partial charge in [0.05, 0.1) is 39.0 Å². The summed E-state index contributed by atoms with van der Waals surface area (Å²) in [5.41, 5.74) is 6.58. The molecular formula is C48H52F3N7O7S. The van der Waals surface area contributed by atoms with E-state index in [4.69, 9.17) is 24.7 Å². The Morgan fingerprint density at radius 2 is 1.24 bits per heavy atom. The molecule has 0 aliphatic carbocycles. The number of ether oxygens (including phenoxy) is 4. The van der Waals surface area contributed by atoms with Crippen LogP contribution in [0.25, 0.3) is 22.5 Å². The van der Waals surface area contributed by atoms with Crippen LogP contribution in [-0.2, 0) is 46.1 Å². The Labute approximate surface area is 382 Å². The number of sulfonamides is 1. The van der Waals surface area contributed by atoms with E-state index in [1.54, 1.807) is 123 Å². The van der Waals surface area contributed by atoms with Crippen molar-refractivity contribution < 1.29 is 45.3 Å². The third kappa shape index (κ3) is 10.8. The number of methoxy groups -OCH3 is 3. The third-order valence-electron chi connectivity index (χ3n) is 11.3. The van der Waals surface area contributed by atoms with Gasteiger partial charge in [0.15, 0.2) is 0 Å². The molecule has 6 aromatic rings. The van der Waals surface area contributed by atoms with E-state index in [1.807, 2.05) is 0 Å². The first-order valence-corrected chi connectivity index (χ1v) is 22.5. The number of tetrazole rings is 1. The number of alkyl halides is 3. The number of hydrogen-bond acceptors (Lipinski definition) is 11. The smallest absolute Gasteiger partial charge is 0.417 e. The lowest BCUT2D eigenvalue weighted by Crippen LogP contribution is -2.50. The van der Waals surface area contributed by atoms with Crippen molar-refractivity contribution in [2.24, 2.45) is 5.73 Å². The number of halogens is 3. The molecule has 18 heteroatoms. The molecule has 5 aromatic carbocycles.